The molecular formula is C8H11N2O2P. The van der Waals surface area contributed by atoms with E-state index in [9.17, 15) is 9.46 Å². The van der Waals surface area contributed by atoms with Crippen molar-refractivity contribution >= 4 is 19.4 Å². The molecule has 0 saturated carbocycles. The van der Waals surface area contributed by atoms with Crippen molar-refractivity contribution in [3.05, 3.63) is 23.8 Å². The summed E-state index contributed by atoms with van der Waals surface area (Å²) in [7, 11) is -2.33. The van der Waals surface area contributed by atoms with Crippen LogP contribution in [0.15, 0.2) is 18.2 Å². The number of hydrogen-bond acceptors (Lipinski definition) is 4. The number of nitrogens with two attached hydrogens (primary N) is 2. The number of anilines is 2. The SMILES string of the molecule is Nc1ccc(CC[P+](=O)[O-])c(N)c1. The number of nitrogen functional groups attached to an aromatic ring is 2. The van der Waals surface area contributed by atoms with Gasteiger partial charge in [-0.3, -0.25) is 0 Å². The van der Waals surface area contributed by atoms with Crippen LogP contribution in [-0.4, -0.2) is 6.16 Å². The molecule has 0 aliphatic heterocycles. The van der Waals surface area contributed by atoms with Crippen LogP contribution in [0.25, 0.3) is 0 Å². The van der Waals surface area contributed by atoms with Crippen LogP contribution in [0.2, 0.25) is 0 Å². The first-order valence-corrected chi connectivity index (χ1v) is 5.21. The molecule has 0 bridgehead atoms. The quantitative estimate of drug-likeness (QED) is 0.546. The third-order valence-corrected chi connectivity index (χ3v) is 2.32. The van der Waals surface area contributed by atoms with Crippen LogP contribution in [0, 0.1) is 0 Å². The molecule has 0 fully saturated rings. The van der Waals surface area contributed by atoms with E-state index >= 15 is 0 Å². The molecule has 1 rings (SSSR count). The highest BCUT2D eigenvalue weighted by Crippen LogP contribution is 2.19. The lowest BCUT2D eigenvalue weighted by molar-refractivity contribution is -0.164. The molecule has 4 nitrogen and oxygen atoms in total. The van der Waals surface area contributed by atoms with Gasteiger partial charge in [0.05, 0.1) is 0 Å². The van der Waals surface area contributed by atoms with Gasteiger partial charge in [-0.15, -0.1) is 0 Å². The second-order valence-corrected chi connectivity index (χ2v) is 3.88. The molecule has 0 radical (unpaired) electrons. The fourth-order valence-corrected chi connectivity index (χ4v) is 1.48. The monoisotopic (exact) mass is 198 g/mol. The van der Waals surface area contributed by atoms with Gasteiger partial charge in [0.25, 0.3) is 0 Å². The van der Waals surface area contributed by atoms with E-state index in [0.29, 0.717) is 17.8 Å². The van der Waals surface area contributed by atoms with Gasteiger partial charge in [0, 0.05) is 17.8 Å². The fourth-order valence-electron chi connectivity index (χ4n) is 1.05. The van der Waals surface area contributed by atoms with E-state index in [0.717, 1.165) is 5.56 Å². The minimum Gasteiger partial charge on any atom is -0.596 e. The Labute approximate surface area is 77.4 Å². The Morgan fingerprint density at radius 1 is 1.38 bits per heavy atom. The topological polar surface area (TPSA) is 92.2 Å². The molecule has 0 saturated heterocycles. The zero-order chi connectivity index (χ0) is 9.84. The van der Waals surface area contributed by atoms with Crippen molar-refractivity contribution in [1.82, 2.24) is 0 Å². The van der Waals surface area contributed by atoms with Crippen LogP contribution < -0.4 is 16.4 Å². The number of benzene rings is 1. The molecule has 4 N–H and O–H groups in total. The molecule has 0 aliphatic rings. The predicted molar refractivity (Wildman–Crippen MR) is 51.4 cm³/mol. The molecular weight excluding hydrogens is 187 g/mol. The van der Waals surface area contributed by atoms with Gasteiger partial charge in [-0.05, 0) is 17.7 Å². The number of aryl methyl sites for hydroxylation is 1. The molecule has 0 heterocycles. The second kappa shape index (κ2) is 4.21. The van der Waals surface area contributed by atoms with E-state index in [1.165, 1.54) is 0 Å². The van der Waals surface area contributed by atoms with E-state index in [4.69, 9.17) is 11.5 Å². The summed E-state index contributed by atoms with van der Waals surface area (Å²) in [5.74, 6) is 0. The molecule has 1 atom stereocenters. The molecule has 70 valence electrons. The maximum atomic E-state index is 10.3. The zero-order valence-corrected chi connectivity index (χ0v) is 7.96. The maximum Gasteiger partial charge on any atom is 0.309 e. The third-order valence-electron chi connectivity index (χ3n) is 1.73. The van der Waals surface area contributed by atoms with Gasteiger partial charge in [-0.2, -0.15) is 0 Å². The molecule has 0 amide bonds. The van der Waals surface area contributed by atoms with Crippen molar-refractivity contribution in [1.29, 1.82) is 0 Å². The highest BCUT2D eigenvalue weighted by Gasteiger charge is 2.04. The van der Waals surface area contributed by atoms with Crippen molar-refractivity contribution < 1.29 is 9.46 Å². The van der Waals surface area contributed by atoms with Crippen LogP contribution in [0.3, 0.4) is 0 Å². The van der Waals surface area contributed by atoms with Crippen LogP contribution in [0.4, 0.5) is 11.4 Å². The van der Waals surface area contributed by atoms with Crippen LogP contribution in [0.1, 0.15) is 5.56 Å². The molecule has 5 heteroatoms. The zero-order valence-electron chi connectivity index (χ0n) is 7.06. The normalized spacial score (nSPS) is 11.3. The van der Waals surface area contributed by atoms with Gasteiger partial charge in [-0.1, -0.05) is 10.6 Å². The van der Waals surface area contributed by atoms with Gasteiger partial charge >= 0.3 is 8.03 Å². The molecule has 0 aromatic heterocycles. The summed E-state index contributed by atoms with van der Waals surface area (Å²) in [6.45, 7) is 0. The summed E-state index contributed by atoms with van der Waals surface area (Å²) in [6.07, 6.45) is 0.578. The molecule has 1 aromatic carbocycles. The lowest BCUT2D eigenvalue weighted by atomic mass is 10.1. The van der Waals surface area contributed by atoms with E-state index in [1.54, 1.807) is 18.2 Å². The Morgan fingerprint density at radius 2 is 2.08 bits per heavy atom. The van der Waals surface area contributed by atoms with Crippen molar-refractivity contribution in [3.8, 4) is 0 Å². The average molecular weight is 198 g/mol. The van der Waals surface area contributed by atoms with Crippen LogP contribution in [0.5, 0.6) is 0 Å². The highest BCUT2D eigenvalue weighted by atomic mass is 31.1. The van der Waals surface area contributed by atoms with E-state index in [2.05, 4.69) is 0 Å². The summed E-state index contributed by atoms with van der Waals surface area (Å²) in [4.78, 5) is 10.3. The van der Waals surface area contributed by atoms with Crippen molar-refractivity contribution in [3.63, 3.8) is 0 Å². The van der Waals surface area contributed by atoms with Crippen molar-refractivity contribution in [2.45, 2.75) is 6.42 Å². The van der Waals surface area contributed by atoms with Gasteiger partial charge in [-0.25, -0.2) is 0 Å². The van der Waals surface area contributed by atoms with E-state index < -0.39 is 8.03 Å². The Kier molecular flexibility index (Phi) is 3.23. The minimum absolute atomic E-state index is 0.128. The van der Waals surface area contributed by atoms with Crippen LogP contribution in [-0.2, 0) is 11.0 Å². The second-order valence-electron chi connectivity index (χ2n) is 2.76. The van der Waals surface area contributed by atoms with Gasteiger partial charge in [0.15, 0.2) is 0 Å². The van der Waals surface area contributed by atoms with Gasteiger partial charge in [0.1, 0.15) is 6.16 Å². The maximum absolute atomic E-state index is 10.3. The lowest BCUT2D eigenvalue weighted by Gasteiger charge is -2.03. The first kappa shape index (κ1) is 9.96. The number of hydrogen-bond donors (Lipinski definition) is 2. The molecule has 0 aliphatic carbocycles. The number of rotatable bonds is 3. The van der Waals surface area contributed by atoms with Gasteiger partial charge in [0.2, 0.25) is 0 Å². The van der Waals surface area contributed by atoms with Crippen LogP contribution >= 0.6 is 8.03 Å². The Bertz CT molecular complexity index is 328. The molecule has 13 heavy (non-hydrogen) atoms. The lowest BCUT2D eigenvalue weighted by Crippen LogP contribution is -2.00. The molecule has 0 spiro atoms. The summed E-state index contributed by atoms with van der Waals surface area (Å²) in [6, 6.07) is 5.10. The summed E-state index contributed by atoms with van der Waals surface area (Å²) in [5.41, 5.74) is 13.1. The van der Waals surface area contributed by atoms with Crippen molar-refractivity contribution in [2.24, 2.45) is 0 Å². The molecule has 1 aromatic rings. The first-order chi connectivity index (χ1) is 6.09. The highest BCUT2D eigenvalue weighted by molar-refractivity contribution is 7.36. The average Bonchev–Trinajstić information content (AvgIpc) is 2.02. The van der Waals surface area contributed by atoms with Crippen molar-refractivity contribution in [2.75, 3.05) is 17.6 Å². The predicted octanol–water partition coefficient (Wildman–Crippen LogP) is 0.496. The summed E-state index contributed by atoms with van der Waals surface area (Å²) >= 11 is 0. The van der Waals surface area contributed by atoms with Gasteiger partial charge < -0.3 is 16.4 Å². The Morgan fingerprint density at radius 3 is 2.62 bits per heavy atom. The standard InChI is InChI=1S/C8H11N2O2P/c9-7-2-1-6(8(10)5-7)3-4-13(11)12/h1-2,5H,3-4,9-10H2. The summed E-state index contributed by atoms with van der Waals surface area (Å²) in [5, 5.41) is 0. The smallest absolute Gasteiger partial charge is 0.309 e. The summed E-state index contributed by atoms with van der Waals surface area (Å²) < 4.78 is 10.3. The minimum atomic E-state index is -2.33. The van der Waals surface area contributed by atoms with E-state index in [-0.39, 0.29) is 6.16 Å². The Balaban J connectivity index is 2.72. The first-order valence-electron chi connectivity index (χ1n) is 3.85. The largest absolute Gasteiger partial charge is 0.596 e. The fraction of sp³-hybridized carbons (Fsp3) is 0.250. The third kappa shape index (κ3) is 3.01. The van der Waals surface area contributed by atoms with E-state index in [1.807, 2.05) is 0 Å². The Hall–Kier alpha value is -1.12. The molecule has 1 unspecified atom stereocenters.